The summed E-state index contributed by atoms with van der Waals surface area (Å²) in [6, 6.07) is 19.4. The molecule has 0 unspecified atom stereocenters. The third kappa shape index (κ3) is 5.38. The molecule has 3 aromatic rings. The Balaban J connectivity index is 1.54. The summed E-state index contributed by atoms with van der Waals surface area (Å²) in [6.45, 7) is 0.355. The summed E-state index contributed by atoms with van der Waals surface area (Å²) in [5, 5.41) is 0.284. The Bertz CT molecular complexity index is 1210. The summed E-state index contributed by atoms with van der Waals surface area (Å²) >= 11 is 12.8. The van der Waals surface area contributed by atoms with E-state index in [4.69, 9.17) is 33.3 Å². The second kappa shape index (κ2) is 10.4. The van der Waals surface area contributed by atoms with E-state index in [0.717, 1.165) is 11.1 Å². The molecule has 1 amide bonds. The predicted octanol–water partition coefficient (Wildman–Crippen LogP) is 6.47. The Morgan fingerprint density at radius 3 is 2.61 bits per heavy atom. The fourth-order valence-corrected chi connectivity index (χ4v) is 4.74. The number of nitrogens with zero attached hydrogens (tertiary/aromatic N) is 1. The van der Waals surface area contributed by atoms with Gasteiger partial charge in [-0.1, -0.05) is 78.0 Å². The fourth-order valence-electron chi connectivity index (χ4n) is 3.27. The first-order valence-corrected chi connectivity index (χ1v) is 11.6. The minimum atomic E-state index is -0.445. The number of methoxy groups -OCH3 is 1. The molecule has 0 saturated carbocycles. The Morgan fingerprint density at radius 2 is 1.88 bits per heavy atom. The smallest absolute Gasteiger partial charge is 0.266 e. The average Bonchev–Trinajstić information content (AvgIpc) is 3.07. The summed E-state index contributed by atoms with van der Waals surface area (Å²) in [5.74, 6) is 0.298. The van der Waals surface area contributed by atoms with E-state index in [-0.39, 0.29) is 23.1 Å². The second-order valence-corrected chi connectivity index (χ2v) is 9.24. The maximum absolute atomic E-state index is 14.1. The van der Waals surface area contributed by atoms with Crippen LogP contribution in [0, 0.1) is 5.82 Å². The Hall–Kier alpha value is -2.87. The van der Waals surface area contributed by atoms with Gasteiger partial charge in [-0.3, -0.25) is 9.69 Å². The second-order valence-electron chi connectivity index (χ2n) is 7.15. The molecule has 4 nitrogen and oxygen atoms in total. The highest BCUT2D eigenvalue weighted by Crippen LogP contribution is 2.36. The summed E-state index contributed by atoms with van der Waals surface area (Å²) in [4.78, 5) is 15.1. The quantitative estimate of drug-likeness (QED) is 0.275. The first kappa shape index (κ1) is 23.3. The summed E-state index contributed by atoms with van der Waals surface area (Å²) in [6.07, 6.45) is 1.76. The van der Waals surface area contributed by atoms with E-state index >= 15 is 0 Å². The van der Waals surface area contributed by atoms with Crippen molar-refractivity contribution in [1.29, 1.82) is 0 Å². The lowest BCUT2D eigenvalue weighted by Crippen LogP contribution is -2.27. The molecular weight excluding hydrogens is 481 g/mol. The third-order valence-electron chi connectivity index (χ3n) is 4.98. The number of hydrogen-bond donors (Lipinski definition) is 0. The molecule has 168 valence electrons. The van der Waals surface area contributed by atoms with E-state index in [0.29, 0.717) is 27.3 Å². The first-order chi connectivity index (χ1) is 16.0. The highest BCUT2D eigenvalue weighted by atomic mass is 35.5. The van der Waals surface area contributed by atoms with Gasteiger partial charge in [-0.2, -0.15) is 0 Å². The molecule has 3 aromatic carbocycles. The normalized spacial score (nSPS) is 14.8. The van der Waals surface area contributed by atoms with Crippen LogP contribution >= 0.6 is 35.6 Å². The zero-order chi connectivity index (χ0) is 23.4. The number of thiocarbonyl (C=S) groups is 1. The number of hydrogen-bond acceptors (Lipinski definition) is 5. The molecule has 0 bridgehead atoms. The van der Waals surface area contributed by atoms with Gasteiger partial charge < -0.3 is 9.47 Å². The monoisotopic (exact) mass is 499 g/mol. The highest BCUT2D eigenvalue weighted by Gasteiger charge is 2.32. The zero-order valence-electron chi connectivity index (χ0n) is 17.6. The van der Waals surface area contributed by atoms with Gasteiger partial charge >= 0.3 is 0 Å². The van der Waals surface area contributed by atoms with E-state index < -0.39 is 5.82 Å². The van der Waals surface area contributed by atoms with E-state index in [1.54, 1.807) is 29.2 Å². The molecule has 4 rings (SSSR count). The minimum Gasteiger partial charge on any atom is -0.493 e. The molecule has 0 aliphatic carbocycles. The van der Waals surface area contributed by atoms with Gasteiger partial charge in [-0.15, -0.1) is 0 Å². The van der Waals surface area contributed by atoms with Crippen molar-refractivity contribution >= 4 is 51.9 Å². The van der Waals surface area contributed by atoms with Crippen LogP contribution in [0.2, 0.25) is 5.02 Å². The number of thioether (sulfide) groups is 1. The van der Waals surface area contributed by atoms with Gasteiger partial charge in [0.05, 0.1) is 23.6 Å². The van der Waals surface area contributed by atoms with Crippen molar-refractivity contribution in [3.8, 4) is 11.5 Å². The number of ether oxygens (including phenoxy) is 2. The van der Waals surface area contributed by atoms with Gasteiger partial charge in [0.1, 0.15) is 16.7 Å². The molecule has 1 saturated heterocycles. The molecule has 0 spiro atoms. The van der Waals surface area contributed by atoms with Crippen molar-refractivity contribution in [1.82, 2.24) is 4.90 Å². The van der Waals surface area contributed by atoms with Crippen molar-refractivity contribution in [2.45, 2.75) is 13.2 Å². The Morgan fingerprint density at radius 1 is 1.09 bits per heavy atom. The molecule has 1 fully saturated rings. The van der Waals surface area contributed by atoms with Crippen LogP contribution in [0.1, 0.15) is 16.7 Å². The maximum atomic E-state index is 14.1. The number of rotatable bonds is 7. The predicted molar refractivity (Wildman–Crippen MR) is 134 cm³/mol. The van der Waals surface area contributed by atoms with E-state index in [2.05, 4.69) is 0 Å². The summed E-state index contributed by atoms with van der Waals surface area (Å²) < 4.78 is 25.8. The standard InChI is InChI=1S/C25H19ClFNO3S2/c1-30-21-11-10-17(12-22(21)31-15-18-19(26)8-5-9-20(18)27)13-23-24(29)28(25(32)33-23)14-16-6-3-2-4-7-16/h2-13H,14-15H2,1H3/b23-13+. The number of benzene rings is 3. The van der Waals surface area contributed by atoms with Gasteiger partial charge in [0, 0.05) is 5.56 Å². The van der Waals surface area contributed by atoms with Crippen LogP contribution in [0.4, 0.5) is 4.39 Å². The number of amides is 1. The van der Waals surface area contributed by atoms with E-state index in [1.165, 1.54) is 31.0 Å². The average molecular weight is 500 g/mol. The molecule has 1 heterocycles. The third-order valence-corrected chi connectivity index (χ3v) is 6.71. The molecule has 1 aliphatic heterocycles. The van der Waals surface area contributed by atoms with Crippen LogP contribution in [0.5, 0.6) is 11.5 Å². The molecule has 8 heteroatoms. The molecule has 0 aromatic heterocycles. The topological polar surface area (TPSA) is 38.8 Å². The van der Waals surface area contributed by atoms with Gasteiger partial charge in [0.25, 0.3) is 5.91 Å². The highest BCUT2D eigenvalue weighted by molar-refractivity contribution is 8.26. The Kier molecular flexibility index (Phi) is 7.33. The molecule has 0 radical (unpaired) electrons. The zero-order valence-corrected chi connectivity index (χ0v) is 20.0. The van der Waals surface area contributed by atoms with Crippen LogP contribution < -0.4 is 9.47 Å². The molecule has 0 N–H and O–H groups in total. The molecule has 0 atom stereocenters. The van der Waals surface area contributed by atoms with Crippen LogP contribution in [0.3, 0.4) is 0 Å². The van der Waals surface area contributed by atoms with E-state index in [1.807, 2.05) is 36.4 Å². The van der Waals surface area contributed by atoms with Crippen molar-refractivity contribution in [3.05, 3.63) is 99.2 Å². The Labute approximate surface area is 206 Å². The molecular formula is C25H19ClFNO3S2. The first-order valence-electron chi connectivity index (χ1n) is 9.99. The van der Waals surface area contributed by atoms with Gasteiger partial charge in [0.15, 0.2) is 11.5 Å². The van der Waals surface area contributed by atoms with Crippen LogP contribution in [-0.2, 0) is 17.9 Å². The van der Waals surface area contributed by atoms with Crippen molar-refractivity contribution in [3.63, 3.8) is 0 Å². The summed E-state index contributed by atoms with van der Waals surface area (Å²) in [5.41, 5.74) is 1.99. The van der Waals surface area contributed by atoms with Gasteiger partial charge in [-0.05, 0) is 41.5 Å². The van der Waals surface area contributed by atoms with Crippen LogP contribution in [0.15, 0.2) is 71.6 Å². The molecule has 1 aliphatic rings. The number of carbonyl (C=O) groups excluding carboxylic acids is 1. The van der Waals surface area contributed by atoms with Crippen molar-refractivity contribution in [2.75, 3.05) is 7.11 Å². The lowest BCUT2D eigenvalue weighted by molar-refractivity contribution is -0.122. The number of halogens is 2. The minimum absolute atomic E-state index is 0.0650. The summed E-state index contributed by atoms with van der Waals surface area (Å²) in [7, 11) is 1.52. The van der Waals surface area contributed by atoms with Crippen LogP contribution in [-0.4, -0.2) is 22.2 Å². The maximum Gasteiger partial charge on any atom is 0.266 e. The number of carbonyl (C=O) groups is 1. The van der Waals surface area contributed by atoms with Gasteiger partial charge in [0.2, 0.25) is 0 Å². The SMILES string of the molecule is COc1ccc(/C=C2/SC(=S)N(Cc3ccccc3)C2=O)cc1OCc1c(F)cccc1Cl. The van der Waals surface area contributed by atoms with E-state index in [9.17, 15) is 9.18 Å². The van der Waals surface area contributed by atoms with Gasteiger partial charge in [-0.25, -0.2) is 4.39 Å². The van der Waals surface area contributed by atoms with Crippen molar-refractivity contribution in [2.24, 2.45) is 0 Å². The molecule has 33 heavy (non-hydrogen) atoms. The lowest BCUT2D eigenvalue weighted by atomic mass is 10.1. The largest absolute Gasteiger partial charge is 0.493 e. The van der Waals surface area contributed by atoms with Crippen LogP contribution in [0.25, 0.3) is 6.08 Å². The fraction of sp³-hybridized carbons (Fsp3) is 0.120. The lowest BCUT2D eigenvalue weighted by Gasteiger charge is -2.14. The van der Waals surface area contributed by atoms with Crippen molar-refractivity contribution < 1.29 is 18.7 Å².